The number of H-pyrrole nitrogens is 1. The Bertz CT molecular complexity index is 767. The molecule has 1 aliphatic rings. The van der Waals surface area contributed by atoms with E-state index in [1.807, 2.05) is 24.8 Å². The van der Waals surface area contributed by atoms with E-state index in [2.05, 4.69) is 20.6 Å². The van der Waals surface area contributed by atoms with Gasteiger partial charge >= 0.3 is 0 Å². The summed E-state index contributed by atoms with van der Waals surface area (Å²) in [6.07, 6.45) is 3.05. The number of aromatic nitrogens is 4. The summed E-state index contributed by atoms with van der Waals surface area (Å²) in [6, 6.07) is 4.59. The molecule has 0 bridgehead atoms. The molecule has 0 radical (unpaired) electrons. The highest BCUT2D eigenvalue weighted by Gasteiger charge is 2.25. The van der Waals surface area contributed by atoms with E-state index in [1.165, 1.54) is 6.07 Å². The third-order valence-corrected chi connectivity index (χ3v) is 4.33. The lowest BCUT2D eigenvalue weighted by Crippen LogP contribution is -2.42. The van der Waals surface area contributed by atoms with Gasteiger partial charge in [-0.05, 0) is 37.3 Å². The van der Waals surface area contributed by atoms with E-state index in [1.54, 1.807) is 12.1 Å². The van der Waals surface area contributed by atoms with Crippen LogP contribution in [0.15, 0.2) is 29.8 Å². The van der Waals surface area contributed by atoms with Crippen LogP contribution in [-0.4, -0.2) is 50.6 Å². The quantitative estimate of drug-likeness (QED) is 0.860. The molecule has 1 saturated heterocycles. The molecule has 1 N–H and O–H groups in total. The van der Waals surface area contributed by atoms with Crippen molar-refractivity contribution in [3.8, 4) is 17.1 Å². The lowest BCUT2D eigenvalue weighted by Gasteiger charge is -2.32. The first-order chi connectivity index (χ1) is 12.1. The van der Waals surface area contributed by atoms with Crippen molar-refractivity contribution < 1.29 is 13.9 Å². The van der Waals surface area contributed by atoms with Crippen molar-refractivity contribution in [2.45, 2.75) is 32.8 Å². The first kappa shape index (κ1) is 17.1. The number of tetrazole rings is 1. The highest BCUT2D eigenvalue weighted by Crippen LogP contribution is 2.26. The second-order valence-corrected chi connectivity index (χ2v) is 5.96. The first-order valence-corrected chi connectivity index (χ1v) is 8.20. The summed E-state index contributed by atoms with van der Waals surface area (Å²) >= 11 is 0. The Kier molecular flexibility index (Phi) is 5.06. The number of rotatable bonds is 4. The van der Waals surface area contributed by atoms with Crippen LogP contribution in [0.2, 0.25) is 0 Å². The van der Waals surface area contributed by atoms with Crippen LogP contribution < -0.4 is 4.74 Å². The molecule has 0 saturated carbocycles. The minimum atomic E-state index is -0.467. The number of aromatic amines is 1. The van der Waals surface area contributed by atoms with Crippen molar-refractivity contribution in [2.75, 3.05) is 13.1 Å². The Morgan fingerprint density at radius 2 is 2.16 bits per heavy atom. The van der Waals surface area contributed by atoms with Crippen LogP contribution in [0.5, 0.6) is 5.75 Å². The number of carbonyl (C=O) groups excluding carboxylic acids is 1. The maximum atomic E-state index is 14.3. The summed E-state index contributed by atoms with van der Waals surface area (Å²) in [7, 11) is 0. The average Bonchev–Trinajstić information content (AvgIpc) is 3.17. The molecule has 1 aromatic heterocycles. The molecule has 3 rings (SSSR count). The number of hydrogen-bond acceptors (Lipinski definition) is 5. The van der Waals surface area contributed by atoms with Crippen molar-refractivity contribution in [3.63, 3.8) is 0 Å². The van der Waals surface area contributed by atoms with E-state index in [4.69, 9.17) is 4.74 Å². The molecular weight excluding hydrogens is 325 g/mol. The summed E-state index contributed by atoms with van der Waals surface area (Å²) in [5.41, 5.74) is 1.27. The van der Waals surface area contributed by atoms with Gasteiger partial charge in [-0.25, -0.2) is 4.39 Å². The smallest absolute Gasteiger partial charge is 0.249 e. The number of hydrogen-bond donors (Lipinski definition) is 1. The van der Waals surface area contributed by atoms with Gasteiger partial charge < -0.3 is 9.64 Å². The van der Waals surface area contributed by atoms with E-state index in [9.17, 15) is 9.18 Å². The fraction of sp³-hybridized carbons (Fsp3) is 0.412. The molecule has 1 fully saturated rings. The van der Waals surface area contributed by atoms with Gasteiger partial charge in [-0.2, -0.15) is 5.21 Å². The van der Waals surface area contributed by atoms with E-state index >= 15 is 0 Å². The molecule has 2 heterocycles. The number of halogens is 1. The van der Waals surface area contributed by atoms with Crippen molar-refractivity contribution in [2.24, 2.45) is 0 Å². The van der Waals surface area contributed by atoms with Gasteiger partial charge in [-0.3, -0.25) is 4.79 Å². The normalized spacial score (nSPS) is 16.1. The molecule has 132 valence electrons. The van der Waals surface area contributed by atoms with Crippen molar-refractivity contribution in [1.82, 2.24) is 25.5 Å². The molecule has 0 unspecified atom stereocenters. The highest BCUT2D eigenvalue weighted by atomic mass is 19.1. The van der Waals surface area contributed by atoms with Gasteiger partial charge in [0.2, 0.25) is 11.7 Å². The summed E-state index contributed by atoms with van der Waals surface area (Å²) in [6.45, 7) is 4.88. The van der Waals surface area contributed by atoms with Crippen molar-refractivity contribution >= 4 is 5.91 Å². The molecule has 0 aliphatic carbocycles. The fourth-order valence-corrected chi connectivity index (χ4v) is 2.75. The molecule has 1 aliphatic heterocycles. The van der Waals surface area contributed by atoms with Gasteiger partial charge in [0.15, 0.2) is 11.6 Å². The SMILES string of the molecule is C/C=C(\C)C(=O)N1CCC(Oc2ccc(-c3nn[nH]n3)cc2F)CC1. The molecule has 25 heavy (non-hydrogen) atoms. The predicted molar refractivity (Wildman–Crippen MR) is 89.2 cm³/mol. The van der Waals surface area contributed by atoms with Gasteiger partial charge in [-0.15, -0.1) is 10.2 Å². The number of ether oxygens (including phenoxy) is 1. The summed E-state index contributed by atoms with van der Waals surface area (Å²) < 4.78 is 20.1. The molecule has 1 amide bonds. The first-order valence-electron chi connectivity index (χ1n) is 8.20. The topological polar surface area (TPSA) is 84.0 Å². The molecular formula is C17H20FN5O2. The van der Waals surface area contributed by atoms with Gasteiger partial charge in [0.05, 0.1) is 0 Å². The number of likely N-dealkylation sites (tertiary alicyclic amines) is 1. The molecule has 8 heteroatoms. The monoisotopic (exact) mass is 345 g/mol. The van der Waals surface area contributed by atoms with Crippen LogP contribution >= 0.6 is 0 Å². The maximum Gasteiger partial charge on any atom is 0.249 e. The van der Waals surface area contributed by atoms with Crippen LogP contribution in [0, 0.1) is 5.82 Å². The van der Waals surface area contributed by atoms with E-state index in [-0.39, 0.29) is 17.8 Å². The Balaban J connectivity index is 1.60. The lowest BCUT2D eigenvalue weighted by molar-refractivity contribution is -0.128. The van der Waals surface area contributed by atoms with E-state index in [0.717, 1.165) is 5.57 Å². The number of amides is 1. The number of nitrogens with one attached hydrogen (secondary N) is 1. The summed E-state index contributed by atoms with van der Waals surface area (Å²) in [4.78, 5) is 13.9. The molecule has 7 nitrogen and oxygen atoms in total. The zero-order valence-electron chi connectivity index (χ0n) is 14.2. The van der Waals surface area contributed by atoms with Crippen LogP contribution in [0.3, 0.4) is 0 Å². The average molecular weight is 345 g/mol. The largest absolute Gasteiger partial charge is 0.487 e. The number of piperidine rings is 1. The third-order valence-electron chi connectivity index (χ3n) is 4.33. The van der Waals surface area contributed by atoms with Crippen LogP contribution in [0.25, 0.3) is 11.4 Å². The Morgan fingerprint density at radius 3 is 2.76 bits per heavy atom. The number of allylic oxidation sites excluding steroid dienone is 1. The van der Waals surface area contributed by atoms with Gasteiger partial charge in [0, 0.05) is 37.1 Å². The van der Waals surface area contributed by atoms with Crippen LogP contribution in [0.1, 0.15) is 26.7 Å². The van der Waals surface area contributed by atoms with Crippen molar-refractivity contribution in [3.05, 3.63) is 35.7 Å². The minimum Gasteiger partial charge on any atom is -0.487 e. The van der Waals surface area contributed by atoms with Crippen LogP contribution in [-0.2, 0) is 4.79 Å². The zero-order valence-corrected chi connectivity index (χ0v) is 14.2. The predicted octanol–water partition coefficient (Wildman–Crippen LogP) is 2.34. The standard InChI is InChI=1S/C17H20FN5O2/c1-3-11(2)17(24)23-8-6-13(7-9-23)25-15-5-4-12(10-14(15)18)16-19-21-22-20-16/h3-5,10,13H,6-9H2,1-2H3,(H,19,20,21,22)/b11-3+. The van der Waals surface area contributed by atoms with Gasteiger partial charge in [0.1, 0.15) is 6.10 Å². The number of nitrogens with zero attached hydrogens (tertiary/aromatic N) is 4. The third kappa shape index (κ3) is 3.84. The van der Waals surface area contributed by atoms with Crippen molar-refractivity contribution in [1.29, 1.82) is 0 Å². The minimum absolute atomic E-state index is 0.0524. The van der Waals surface area contributed by atoms with Crippen LogP contribution in [0.4, 0.5) is 4.39 Å². The highest BCUT2D eigenvalue weighted by molar-refractivity contribution is 5.92. The zero-order chi connectivity index (χ0) is 17.8. The molecule has 2 aromatic rings. The molecule has 0 spiro atoms. The van der Waals surface area contributed by atoms with E-state index < -0.39 is 5.82 Å². The molecule has 1 aromatic carbocycles. The van der Waals surface area contributed by atoms with Gasteiger partial charge in [0.25, 0.3) is 0 Å². The fourth-order valence-electron chi connectivity index (χ4n) is 2.75. The maximum absolute atomic E-state index is 14.3. The van der Waals surface area contributed by atoms with E-state index in [0.29, 0.717) is 37.3 Å². The summed E-state index contributed by atoms with van der Waals surface area (Å²) in [5.74, 6) is 0.112. The molecule has 0 atom stereocenters. The lowest BCUT2D eigenvalue weighted by atomic mass is 10.1. The Hall–Kier alpha value is -2.77. The Morgan fingerprint density at radius 1 is 1.40 bits per heavy atom. The Labute approximate surface area is 144 Å². The summed E-state index contributed by atoms with van der Waals surface area (Å²) in [5, 5.41) is 13.4. The second kappa shape index (κ2) is 7.42. The number of benzene rings is 1. The second-order valence-electron chi connectivity index (χ2n) is 5.96. The van der Waals surface area contributed by atoms with Gasteiger partial charge in [-0.1, -0.05) is 6.08 Å². The number of carbonyl (C=O) groups is 1.